The topological polar surface area (TPSA) is 72.8 Å². The molecule has 0 aliphatic heterocycles. The Kier molecular flexibility index (Phi) is 12.3. The van der Waals surface area contributed by atoms with Crippen LogP contribution in [0.3, 0.4) is 0 Å². The molecule has 0 spiro atoms. The summed E-state index contributed by atoms with van der Waals surface area (Å²) in [5, 5.41) is 10.3. The molecule has 1 N–H and O–H groups in total. The number of hydrogen-bond donors (Lipinski definition) is 1. The van der Waals surface area contributed by atoms with E-state index in [2.05, 4.69) is 23.0 Å². The number of aliphatic hydroxyl groups is 1. The number of rotatable bonds is 13. The van der Waals surface area contributed by atoms with Crippen molar-refractivity contribution in [3.05, 3.63) is 12.7 Å². The average molecular weight is 328 g/mol. The van der Waals surface area contributed by atoms with Gasteiger partial charge in [0.1, 0.15) is 0 Å². The monoisotopic (exact) mass is 328 g/mol. The molecule has 0 aliphatic carbocycles. The lowest BCUT2D eigenvalue weighted by Crippen LogP contribution is -2.31. The lowest BCUT2D eigenvalue weighted by molar-refractivity contribution is -0.159. The van der Waals surface area contributed by atoms with E-state index in [1.54, 1.807) is 6.08 Å². The van der Waals surface area contributed by atoms with Gasteiger partial charge >= 0.3 is 11.9 Å². The van der Waals surface area contributed by atoms with Gasteiger partial charge in [-0.2, -0.15) is 0 Å². The minimum absolute atomic E-state index is 0.153. The minimum Gasteiger partial charge on any atom is -0.468 e. The quantitative estimate of drug-likeness (QED) is 0.243. The van der Waals surface area contributed by atoms with E-state index >= 15 is 0 Å². The maximum Gasteiger partial charge on any atom is 0.320 e. The zero-order valence-electron chi connectivity index (χ0n) is 14.8. The zero-order chi connectivity index (χ0) is 17.7. The standard InChI is InChI=1S/C18H32O5/c1-5-7-8-9-10-11-12-16(19)14(6-2)13-15(17(20)22-3)18(21)23-4/h6,14-16,19H,2,5,7-13H2,1,3-4H3/t14-,16-/m1/s1. The maximum atomic E-state index is 11.7. The van der Waals surface area contributed by atoms with Crippen molar-refractivity contribution in [1.29, 1.82) is 0 Å². The summed E-state index contributed by atoms with van der Waals surface area (Å²) in [6.45, 7) is 5.89. The maximum absolute atomic E-state index is 11.7. The Bertz CT molecular complexity index is 337. The Morgan fingerprint density at radius 2 is 1.57 bits per heavy atom. The Labute approximate surface area is 140 Å². The summed E-state index contributed by atoms with van der Waals surface area (Å²) >= 11 is 0. The van der Waals surface area contributed by atoms with Gasteiger partial charge in [0, 0.05) is 5.92 Å². The van der Waals surface area contributed by atoms with Crippen LogP contribution in [0.2, 0.25) is 0 Å². The summed E-state index contributed by atoms with van der Waals surface area (Å²) in [5.74, 6) is -2.65. The van der Waals surface area contributed by atoms with Crippen LogP contribution in [0.25, 0.3) is 0 Å². The highest BCUT2D eigenvalue weighted by molar-refractivity contribution is 5.94. The number of hydrogen-bond acceptors (Lipinski definition) is 5. The van der Waals surface area contributed by atoms with E-state index in [4.69, 9.17) is 0 Å². The third kappa shape index (κ3) is 8.74. The van der Waals surface area contributed by atoms with E-state index < -0.39 is 24.0 Å². The second-order valence-electron chi connectivity index (χ2n) is 5.86. The first-order valence-electron chi connectivity index (χ1n) is 8.48. The molecule has 0 amide bonds. The fourth-order valence-electron chi connectivity index (χ4n) is 2.60. The van der Waals surface area contributed by atoms with Gasteiger partial charge in [-0.3, -0.25) is 9.59 Å². The molecule has 0 aromatic rings. The number of ether oxygens (including phenoxy) is 2. The average Bonchev–Trinajstić information content (AvgIpc) is 2.57. The van der Waals surface area contributed by atoms with Crippen molar-refractivity contribution in [2.24, 2.45) is 11.8 Å². The summed E-state index contributed by atoms with van der Waals surface area (Å²) in [6, 6.07) is 0. The number of carbonyl (C=O) groups excluding carboxylic acids is 2. The SMILES string of the molecule is C=C[C@H](CC(C(=O)OC)C(=O)OC)[C@H](O)CCCCCCCC. The third-order valence-corrected chi connectivity index (χ3v) is 4.13. The summed E-state index contributed by atoms with van der Waals surface area (Å²) in [7, 11) is 2.46. The molecule has 0 aromatic heterocycles. The highest BCUT2D eigenvalue weighted by Gasteiger charge is 2.32. The molecule has 0 heterocycles. The van der Waals surface area contributed by atoms with Crippen LogP contribution in [0.5, 0.6) is 0 Å². The van der Waals surface area contributed by atoms with Crippen LogP contribution < -0.4 is 0 Å². The molecule has 0 rings (SSSR count). The second-order valence-corrected chi connectivity index (χ2v) is 5.86. The molecule has 0 saturated heterocycles. The first kappa shape index (κ1) is 21.6. The van der Waals surface area contributed by atoms with E-state index in [0.717, 1.165) is 12.8 Å². The van der Waals surface area contributed by atoms with Crippen molar-refractivity contribution in [2.45, 2.75) is 64.4 Å². The molecule has 5 nitrogen and oxygen atoms in total. The molecule has 0 aromatic carbocycles. The van der Waals surface area contributed by atoms with Crippen molar-refractivity contribution in [1.82, 2.24) is 0 Å². The molecule has 2 atom stereocenters. The number of esters is 2. The Balaban J connectivity index is 4.40. The van der Waals surface area contributed by atoms with Crippen LogP contribution in [0.4, 0.5) is 0 Å². The summed E-state index contributed by atoms with van der Waals surface area (Å²) in [6.07, 6.45) is 8.64. The first-order valence-corrected chi connectivity index (χ1v) is 8.48. The lowest BCUT2D eigenvalue weighted by atomic mass is 9.88. The van der Waals surface area contributed by atoms with Gasteiger partial charge in [-0.25, -0.2) is 0 Å². The normalized spacial score (nSPS) is 13.4. The number of aliphatic hydroxyl groups excluding tert-OH is 1. The number of carbonyl (C=O) groups is 2. The molecular weight excluding hydrogens is 296 g/mol. The van der Waals surface area contributed by atoms with E-state index in [9.17, 15) is 14.7 Å². The highest BCUT2D eigenvalue weighted by atomic mass is 16.5. The Hall–Kier alpha value is -1.36. The molecule has 5 heteroatoms. The molecule has 0 bridgehead atoms. The van der Waals surface area contributed by atoms with Crippen molar-refractivity contribution in [3.8, 4) is 0 Å². The van der Waals surface area contributed by atoms with E-state index in [0.29, 0.717) is 6.42 Å². The van der Waals surface area contributed by atoms with E-state index in [1.165, 1.54) is 39.9 Å². The predicted octanol–water partition coefficient (Wildman–Crippen LogP) is 3.25. The van der Waals surface area contributed by atoms with Crippen molar-refractivity contribution in [2.75, 3.05) is 14.2 Å². The predicted molar refractivity (Wildman–Crippen MR) is 89.8 cm³/mol. The van der Waals surface area contributed by atoms with Crippen LogP contribution in [-0.4, -0.2) is 37.4 Å². The van der Waals surface area contributed by atoms with Gasteiger partial charge in [0.05, 0.1) is 20.3 Å². The molecule has 0 fully saturated rings. The van der Waals surface area contributed by atoms with Crippen LogP contribution >= 0.6 is 0 Å². The number of methoxy groups -OCH3 is 2. The fraction of sp³-hybridized carbons (Fsp3) is 0.778. The lowest BCUT2D eigenvalue weighted by Gasteiger charge is -2.22. The van der Waals surface area contributed by atoms with E-state index in [1.807, 2.05) is 0 Å². The summed E-state index contributed by atoms with van der Waals surface area (Å²) in [5.41, 5.74) is 0. The number of unbranched alkanes of at least 4 members (excludes halogenated alkanes) is 5. The van der Waals surface area contributed by atoms with Gasteiger partial charge in [-0.15, -0.1) is 6.58 Å². The molecule has 134 valence electrons. The van der Waals surface area contributed by atoms with Gasteiger partial charge in [0.25, 0.3) is 0 Å². The van der Waals surface area contributed by atoms with Crippen molar-refractivity contribution >= 4 is 11.9 Å². The summed E-state index contributed by atoms with van der Waals surface area (Å²) < 4.78 is 9.28. The Morgan fingerprint density at radius 3 is 2.04 bits per heavy atom. The molecule has 23 heavy (non-hydrogen) atoms. The minimum atomic E-state index is -1.02. The molecular formula is C18H32O5. The van der Waals surface area contributed by atoms with Crippen LogP contribution in [-0.2, 0) is 19.1 Å². The van der Waals surface area contributed by atoms with Gasteiger partial charge < -0.3 is 14.6 Å². The van der Waals surface area contributed by atoms with Crippen LogP contribution in [0.1, 0.15) is 58.3 Å². The molecule has 0 saturated carbocycles. The van der Waals surface area contributed by atoms with Gasteiger partial charge in [0.2, 0.25) is 0 Å². The molecule has 0 radical (unpaired) electrons. The largest absolute Gasteiger partial charge is 0.468 e. The zero-order valence-corrected chi connectivity index (χ0v) is 14.8. The van der Waals surface area contributed by atoms with Crippen LogP contribution in [0, 0.1) is 11.8 Å². The molecule has 0 aliphatic rings. The van der Waals surface area contributed by atoms with Crippen LogP contribution in [0.15, 0.2) is 12.7 Å². The third-order valence-electron chi connectivity index (χ3n) is 4.13. The van der Waals surface area contributed by atoms with Crippen molar-refractivity contribution in [3.63, 3.8) is 0 Å². The highest BCUT2D eigenvalue weighted by Crippen LogP contribution is 2.23. The fourth-order valence-corrected chi connectivity index (χ4v) is 2.60. The van der Waals surface area contributed by atoms with Crippen molar-refractivity contribution < 1.29 is 24.2 Å². The Morgan fingerprint density at radius 1 is 1.04 bits per heavy atom. The smallest absolute Gasteiger partial charge is 0.320 e. The van der Waals surface area contributed by atoms with E-state index in [-0.39, 0.29) is 12.3 Å². The van der Waals surface area contributed by atoms with Gasteiger partial charge in [0.15, 0.2) is 5.92 Å². The van der Waals surface area contributed by atoms with Gasteiger partial charge in [-0.05, 0) is 12.8 Å². The van der Waals surface area contributed by atoms with Gasteiger partial charge in [-0.1, -0.05) is 51.5 Å². The first-order chi connectivity index (χ1) is 11.0. The molecule has 0 unspecified atom stereocenters. The second kappa shape index (κ2) is 13.1. The summed E-state index contributed by atoms with van der Waals surface area (Å²) in [4.78, 5) is 23.4.